The summed E-state index contributed by atoms with van der Waals surface area (Å²) in [4.78, 5) is 0. The molecule has 3 heteroatoms. The van der Waals surface area contributed by atoms with Crippen molar-refractivity contribution >= 4 is 0 Å². The lowest BCUT2D eigenvalue weighted by molar-refractivity contribution is 0.109. The number of benzene rings is 1. The SMILES string of the molecule is CCC(CC)(CO)CNC1CCCc2ccc(OC)cc21. The molecule has 1 aromatic rings. The molecule has 0 aliphatic heterocycles. The standard InChI is InChI=1S/C18H29NO2/c1-4-18(5-2,13-20)12-19-17-8-6-7-14-9-10-15(21-3)11-16(14)17/h9-11,17,19-20H,4-8,12-13H2,1-3H3. The fourth-order valence-electron chi connectivity index (χ4n) is 3.24. The molecule has 0 radical (unpaired) electrons. The van der Waals surface area contributed by atoms with E-state index in [1.54, 1.807) is 7.11 Å². The Labute approximate surface area is 128 Å². The van der Waals surface area contributed by atoms with E-state index >= 15 is 0 Å². The maximum atomic E-state index is 9.72. The van der Waals surface area contributed by atoms with E-state index < -0.39 is 0 Å². The lowest BCUT2D eigenvalue weighted by Gasteiger charge is -2.34. The number of hydrogen-bond acceptors (Lipinski definition) is 3. The lowest BCUT2D eigenvalue weighted by atomic mass is 9.81. The van der Waals surface area contributed by atoms with E-state index in [1.807, 2.05) is 0 Å². The van der Waals surface area contributed by atoms with E-state index in [1.165, 1.54) is 17.5 Å². The first-order chi connectivity index (χ1) is 10.2. The van der Waals surface area contributed by atoms with Gasteiger partial charge in [-0.25, -0.2) is 0 Å². The second-order valence-corrected chi connectivity index (χ2v) is 6.26. The van der Waals surface area contributed by atoms with E-state index in [0.29, 0.717) is 6.04 Å². The summed E-state index contributed by atoms with van der Waals surface area (Å²) in [5.41, 5.74) is 2.82. The Hall–Kier alpha value is -1.06. The van der Waals surface area contributed by atoms with Gasteiger partial charge in [-0.05, 0) is 55.4 Å². The zero-order valence-corrected chi connectivity index (χ0v) is 13.6. The number of aryl methyl sites for hydroxylation is 1. The molecule has 2 N–H and O–H groups in total. The van der Waals surface area contributed by atoms with Gasteiger partial charge in [0.2, 0.25) is 0 Å². The summed E-state index contributed by atoms with van der Waals surface area (Å²) in [6.07, 6.45) is 5.55. The van der Waals surface area contributed by atoms with Crippen LogP contribution < -0.4 is 10.1 Å². The molecule has 1 unspecified atom stereocenters. The van der Waals surface area contributed by atoms with Crippen molar-refractivity contribution in [1.82, 2.24) is 5.32 Å². The third kappa shape index (κ3) is 3.58. The predicted molar refractivity (Wildman–Crippen MR) is 86.8 cm³/mol. The Balaban J connectivity index is 2.12. The van der Waals surface area contributed by atoms with Crippen LogP contribution in [0.1, 0.15) is 56.7 Å². The van der Waals surface area contributed by atoms with Crippen LogP contribution >= 0.6 is 0 Å². The average molecular weight is 291 g/mol. The molecule has 3 nitrogen and oxygen atoms in total. The van der Waals surface area contributed by atoms with Crippen LogP contribution in [0.4, 0.5) is 0 Å². The number of nitrogens with one attached hydrogen (secondary N) is 1. The zero-order valence-electron chi connectivity index (χ0n) is 13.6. The van der Waals surface area contributed by atoms with Gasteiger partial charge < -0.3 is 15.2 Å². The summed E-state index contributed by atoms with van der Waals surface area (Å²) in [6.45, 7) is 5.46. The maximum Gasteiger partial charge on any atom is 0.119 e. The number of aliphatic hydroxyl groups excluding tert-OH is 1. The average Bonchev–Trinajstić information content (AvgIpc) is 2.56. The molecule has 0 saturated heterocycles. The highest BCUT2D eigenvalue weighted by Gasteiger charge is 2.28. The van der Waals surface area contributed by atoms with E-state index in [9.17, 15) is 5.11 Å². The summed E-state index contributed by atoms with van der Waals surface area (Å²) in [5, 5.41) is 13.4. The number of fused-ring (bicyclic) bond motifs is 1. The van der Waals surface area contributed by atoms with Crippen molar-refractivity contribution in [2.75, 3.05) is 20.3 Å². The number of rotatable bonds is 7. The molecule has 118 valence electrons. The van der Waals surface area contributed by atoms with Gasteiger partial charge in [0.05, 0.1) is 7.11 Å². The minimum atomic E-state index is 0.0104. The van der Waals surface area contributed by atoms with Crippen LogP contribution in [0, 0.1) is 5.41 Å². The minimum Gasteiger partial charge on any atom is -0.497 e. The fourth-order valence-corrected chi connectivity index (χ4v) is 3.24. The molecular formula is C18H29NO2. The van der Waals surface area contributed by atoms with Crippen LogP contribution in [0.3, 0.4) is 0 Å². The van der Waals surface area contributed by atoms with E-state index in [-0.39, 0.29) is 12.0 Å². The van der Waals surface area contributed by atoms with E-state index in [4.69, 9.17) is 4.74 Å². The first-order valence-electron chi connectivity index (χ1n) is 8.19. The molecular weight excluding hydrogens is 262 g/mol. The van der Waals surface area contributed by atoms with Crippen LogP contribution in [-0.4, -0.2) is 25.4 Å². The predicted octanol–water partition coefficient (Wildman–Crippen LogP) is 3.46. The molecule has 1 aliphatic rings. The van der Waals surface area contributed by atoms with Gasteiger partial charge in [-0.3, -0.25) is 0 Å². The lowest BCUT2D eigenvalue weighted by Crippen LogP contribution is -2.39. The molecule has 0 bridgehead atoms. The summed E-state index contributed by atoms with van der Waals surface area (Å²) >= 11 is 0. The molecule has 21 heavy (non-hydrogen) atoms. The first kappa shape index (κ1) is 16.3. The maximum absolute atomic E-state index is 9.72. The summed E-state index contributed by atoms with van der Waals surface area (Å²) in [7, 11) is 1.72. The van der Waals surface area contributed by atoms with Gasteiger partial charge in [0, 0.05) is 24.6 Å². The number of hydrogen-bond donors (Lipinski definition) is 2. The van der Waals surface area contributed by atoms with Gasteiger partial charge in [0.1, 0.15) is 5.75 Å². The van der Waals surface area contributed by atoms with Crippen LogP contribution in [0.5, 0.6) is 5.75 Å². The Kier molecular flexibility index (Phi) is 5.65. The van der Waals surface area contributed by atoms with Crippen molar-refractivity contribution in [2.24, 2.45) is 5.41 Å². The van der Waals surface area contributed by atoms with Crippen molar-refractivity contribution in [1.29, 1.82) is 0 Å². The van der Waals surface area contributed by atoms with Gasteiger partial charge >= 0.3 is 0 Å². The van der Waals surface area contributed by atoms with Crippen LogP contribution in [0.15, 0.2) is 18.2 Å². The van der Waals surface area contributed by atoms with Crippen molar-refractivity contribution in [2.45, 2.75) is 52.0 Å². The molecule has 2 rings (SSSR count). The minimum absolute atomic E-state index is 0.0104. The van der Waals surface area contributed by atoms with E-state index in [0.717, 1.165) is 38.0 Å². The Morgan fingerprint density at radius 2 is 2.10 bits per heavy atom. The smallest absolute Gasteiger partial charge is 0.119 e. The van der Waals surface area contributed by atoms with Gasteiger partial charge in [0.25, 0.3) is 0 Å². The van der Waals surface area contributed by atoms with Gasteiger partial charge in [-0.2, -0.15) is 0 Å². The molecule has 0 heterocycles. The third-order valence-corrected chi connectivity index (χ3v) is 5.23. The van der Waals surface area contributed by atoms with Gasteiger partial charge in [-0.15, -0.1) is 0 Å². The molecule has 0 spiro atoms. The number of ether oxygens (including phenoxy) is 1. The van der Waals surface area contributed by atoms with Crippen molar-refractivity contribution < 1.29 is 9.84 Å². The van der Waals surface area contributed by atoms with Crippen molar-refractivity contribution in [3.63, 3.8) is 0 Å². The second-order valence-electron chi connectivity index (χ2n) is 6.26. The molecule has 0 amide bonds. The second kappa shape index (κ2) is 7.28. The molecule has 0 aromatic heterocycles. The molecule has 0 saturated carbocycles. The largest absolute Gasteiger partial charge is 0.497 e. The molecule has 1 atom stereocenters. The summed E-state index contributed by atoms with van der Waals surface area (Å²) < 4.78 is 5.37. The van der Waals surface area contributed by atoms with Crippen LogP contribution in [0.25, 0.3) is 0 Å². The van der Waals surface area contributed by atoms with Gasteiger partial charge in [0.15, 0.2) is 0 Å². The highest BCUT2D eigenvalue weighted by Crippen LogP contribution is 2.34. The highest BCUT2D eigenvalue weighted by atomic mass is 16.5. The third-order valence-electron chi connectivity index (χ3n) is 5.23. The first-order valence-corrected chi connectivity index (χ1v) is 8.19. The Morgan fingerprint density at radius 3 is 2.71 bits per heavy atom. The molecule has 1 aromatic carbocycles. The van der Waals surface area contributed by atoms with Crippen molar-refractivity contribution in [3.05, 3.63) is 29.3 Å². The quantitative estimate of drug-likeness (QED) is 0.808. The normalized spacial score (nSPS) is 18.4. The Morgan fingerprint density at radius 1 is 1.33 bits per heavy atom. The summed E-state index contributed by atoms with van der Waals surface area (Å²) in [6, 6.07) is 6.80. The van der Waals surface area contributed by atoms with Crippen LogP contribution in [-0.2, 0) is 6.42 Å². The number of methoxy groups -OCH3 is 1. The van der Waals surface area contributed by atoms with Gasteiger partial charge in [-0.1, -0.05) is 19.9 Å². The summed E-state index contributed by atoms with van der Waals surface area (Å²) in [5.74, 6) is 0.932. The topological polar surface area (TPSA) is 41.5 Å². The zero-order chi connectivity index (χ0) is 15.3. The Bertz CT molecular complexity index is 446. The monoisotopic (exact) mass is 291 g/mol. The highest BCUT2D eigenvalue weighted by molar-refractivity contribution is 5.39. The van der Waals surface area contributed by atoms with Crippen molar-refractivity contribution in [3.8, 4) is 5.75 Å². The van der Waals surface area contributed by atoms with E-state index in [2.05, 4.69) is 37.4 Å². The van der Waals surface area contributed by atoms with Crippen LogP contribution in [0.2, 0.25) is 0 Å². The molecule has 0 fully saturated rings. The number of aliphatic hydroxyl groups is 1. The molecule has 1 aliphatic carbocycles. The fraction of sp³-hybridized carbons (Fsp3) is 0.667.